The number of tetrazole rings is 1. The number of nitrogens with zero attached hydrogens (tertiary/aromatic N) is 6. The summed E-state index contributed by atoms with van der Waals surface area (Å²) < 4.78 is 3.79. The number of hydrogen-bond acceptors (Lipinski definition) is 5. The van der Waals surface area contributed by atoms with Crippen LogP contribution in [0.25, 0.3) is 28.3 Å². The molecule has 0 aliphatic rings. The van der Waals surface area contributed by atoms with Crippen molar-refractivity contribution < 1.29 is 0 Å². The highest BCUT2D eigenvalue weighted by atomic mass is 16.1. The first-order valence-electron chi connectivity index (χ1n) is 13.5. The molecule has 0 fully saturated rings. The van der Waals surface area contributed by atoms with Crippen molar-refractivity contribution in [3.8, 4) is 28.3 Å². The van der Waals surface area contributed by atoms with Crippen molar-refractivity contribution in [2.75, 3.05) is 0 Å². The first-order valence-corrected chi connectivity index (χ1v) is 13.5. The van der Waals surface area contributed by atoms with Crippen LogP contribution < -0.4 is 5.69 Å². The standard InChI is InChI=1S/C31H35N7O/c1-6-7-11-24-20-38(28-21(2)10-8-13-26(28)31(3,4)5)30(39)37(24)19-22-14-16-23(17-15-22)25-12-9-18-32-27(25)29-33-35-36-34-29/h8-10,12-18,20H,6-7,11,19H2,1-5H3,(H,33,34,35,36). The predicted molar refractivity (Wildman–Crippen MR) is 154 cm³/mol. The molecule has 0 unspecified atom stereocenters. The summed E-state index contributed by atoms with van der Waals surface area (Å²) >= 11 is 0. The normalized spacial score (nSPS) is 11.7. The summed E-state index contributed by atoms with van der Waals surface area (Å²) in [6.45, 7) is 11.4. The summed E-state index contributed by atoms with van der Waals surface area (Å²) in [7, 11) is 0. The van der Waals surface area contributed by atoms with E-state index in [0.717, 1.165) is 52.9 Å². The molecule has 0 amide bonds. The van der Waals surface area contributed by atoms with E-state index < -0.39 is 0 Å². The number of benzene rings is 2. The van der Waals surface area contributed by atoms with Gasteiger partial charge >= 0.3 is 5.69 Å². The van der Waals surface area contributed by atoms with Gasteiger partial charge in [0.1, 0.15) is 5.69 Å². The Morgan fingerprint density at radius 1 is 1.00 bits per heavy atom. The molecule has 3 heterocycles. The zero-order valence-corrected chi connectivity index (χ0v) is 23.3. The van der Waals surface area contributed by atoms with E-state index in [9.17, 15) is 4.79 Å². The summed E-state index contributed by atoms with van der Waals surface area (Å²) in [5.74, 6) is 0.522. The second-order valence-corrected chi connectivity index (χ2v) is 11.0. The van der Waals surface area contributed by atoms with Crippen LogP contribution in [0.3, 0.4) is 0 Å². The molecule has 0 radical (unpaired) electrons. The van der Waals surface area contributed by atoms with Gasteiger partial charge in [-0.15, -0.1) is 5.10 Å². The third-order valence-electron chi connectivity index (χ3n) is 7.12. The minimum Gasteiger partial charge on any atom is -0.292 e. The van der Waals surface area contributed by atoms with Crippen LogP contribution >= 0.6 is 0 Å². The SMILES string of the molecule is CCCCc1cn(-c2c(C)cccc2C(C)(C)C)c(=O)n1Cc1ccc(-c2cccnc2-c2nnn[nH]2)cc1. The Hall–Kier alpha value is -4.33. The number of imidazole rings is 1. The number of pyridine rings is 1. The molecule has 1 N–H and O–H groups in total. The highest BCUT2D eigenvalue weighted by Gasteiger charge is 2.23. The second kappa shape index (κ2) is 10.8. The fourth-order valence-corrected chi connectivity index (χ4v) is 5.06. The maximum atomic E-state index is 13.9. The first kappa shape index (κ1) is 26.3. The van der Waals surface area contributed by atoms with Gasteiger partial charge in [0.15, 0.2) is 5.82 Å². The van der Waals surface area contributed by atoms with Crippen LogP contribution in [-0.4, -0.2) is 34.7 Å². The topological polar surface area (TPSA) is 94.3 Å². The number of unbranched alkanes of at least 4 members (excludes halogenated alkanes) is 1. The molecule has 2 aromatic carbocycles. The van der Waals surface area contributed by atoms with Gasteiger partial charge in [-0.1, -0.05) is 82.6 Å². The fraction of sp³-hybridized carbons (Fsp3) is 0.323. The number of aryl methyl sites for hydroxylation is 2. The Labute approximate surface area is 228 Å². The van der Waals surface area contributed by atoms with E-state index in [0.29, 0.717) is 18.1 Å². The predicted octanol–water partition coefficient (Wildman–Crippen LogP) is 5.88. The molecule has 0 atom stereocenters. The van der Waals surface area contributed by atoms with Crippen molar-refractivity contribution in [1.29, 1.82) is 0 Å². The van der Waals surface area contributed by atoms with E-state index in [-0.39, 0.29) is 11.1 Å². The number of rotatable bonds is 8. The Bertz CT molecular complexity index is 1620. The van der Waals surface area contributed by atoms with Crippen LogP contribution in [0.1, 0.15) is 62.9 Å². The molecule has 8 heteroatoms. The number of hydrogen-bond donors (Lipinski definition) is 1. The highest BCUT2D eigenvalue weighted by Crippen LogP contribution is 2.31. The number of para-hydroxylation sites is 1. The van der Waals surface area contributed by atoms with Gasteiger partial charge in [0.05, 0.1) is 12.2 Å². The molecule has 200 valence electrons. The zero-order valence-electron chi connectivity index (χ0n) is 23.3. The second-order valence-electron chi connectivity index (χ2n) is 11.0. The van der Waals surface area contributed by atoms with E-state index in [2.05, 4.69) is 109 Å². The third kappa shape index (κ3) is 5.32. The third-order valence-corrected chi connectivity index (χ3v) is 7.12. The van der Waals surface area contributed by atoms with Crippen molar-refractivity contribution in [1.82, 2.24) is 34.7 Å². The Kier molecular flexibility index (Phi) is 7.28. The summed E-state index contributed by atoms with van der Waals surface area (Å²) in [5, 5.41) is 14.2. The number of H-pyrrole nitrogens is 1. The van der Waals surface area contributed by atoms with Crippen LogP contribution in [0.2, 0.25) is 0 Å². The molecule has 0 aliphatic heterocycles. The lowest BCUT2D eigenvalue weighted by Gasteiger charge is -2.24. The van der Waals surface area contributed by atoms with E-state index in [4.69, 9.17) is 0 Å². The van der Waals surface area contributed by atoms with Gasteiger partial charge in [-0.25, -0.2) is 9.89 Å². The largest absolute Gasteiger partial charge is 0.333 e. The van der Waals surface area contributed by atoms with Gasteiger partial charge in [-0.05, 0) is 63.9 Å². The molecule has 0 bridgehead atoms. The Morgan fingerprint density at radius 2 is 1.79 bits per heavy atom. The Morgan fingerprint density at radius 3 is 2.49 bits per heavy atom. The average molecular weight is 522 g/mol. The number of aromatic nitrogens is 7. The fourth-order valence-electron chi connectivity index (χ4n) is 5.06. The maximum absolute atomic E-state index is 13.9. The summed E-state index contributed by atoms with van der Waals surface area (Å²) in [4.78, 5) is 18.4. The lowest BCUT2D eigenvalue weighted by molar-refractivity contribution is 0.583. The average Bonchev–Trinajstić information content (AvgIpc) is 3.56. The zero-order chi connectivity index (χ0) is 27.6. The maximum Gasteiger partial charge on any atom is 0.333 e. The number of nitrogens with one attached hydrogen (secondary N) is 1. The number of aromatic amines is 1. The lowest BCUT2D eigenvalue weighted by Crippen LogP contribution is -2.27. The van der Waals surface area contributed by atoms with E-state index in [1.54, 1.807) is 6.20 Å². The molecule has 0 saturated carbocycles. The van der Waals surface area contributed by atoms with Crippen molar-refractivity contribution in [2.45, 2.75) is 65.8 Å². The van der Waals surface area contributed by atoms with Crippen LogP contribution in [0.4, 0.5) is 0 Å². The van der Waals surface area contributed by atoms with Crippen molar-refractivity contribution in [3.63, 3.8) is 0 Å². The van der Waals surface area contributed by atoms with Gasteiger partial charge < -0.3 is 0 Å². The molecule has 39 heavy (non-hydrogen) atoms. The van der Waals surface area contributed by atoms with Crippen LogP contribution in [0.15, 0.2) is 71.8 Å². The molecular formula is C31H35N7O. The molecule has 0 spiro atoms. The van der Waals surface area contributed by atoms with Crippen molar-refractivity contribution in [3.05, 3.63) is 99.9 Å². The van der Waals surface area contributed by atoms with Gasteiger partial charge in [0.2, 0.25) is 0 Å². The van der Waals surface area contributed by atoms with Gasteiger partial charge in [0.25, 0.3) is 0 Å². The molecule has 5 rings (SSSR count). The van der Waals surface area contributed by atoms with Gasteiger partial charge in [-0.2, -0.15) is 0 Å². The Balaban J connectivity index is 1.52. The van der Waals surface area contributed by atoms with Crippen LogP contribution in [-0.2, 0) is 18.4 Å². The molecule has 0 aliphatic carbocycles. The molecule has 8 nitrogen and oxygen atoms in total. The quantitative estimate of drug-likeness (QED) is 0.275. The van der Waals surface area contributed by atoms with E-state index in [1.807, 2.05) is 21.3 Å². The van der Waals surface area contributed by atoms with Crippen LogP contribution in [0, 0.1) is 6.92 Å². The van der Waals surface area contributed by atoms with Gasteiger partial charge in [0, 0.05) is 23.7 Å². The summed E-state index contributed by atoms with van der Waals surface area (Å²) in [6.07, 6.45) is 6.74. The molecule has 5 aromatic rings. The molecule has 0 saturated heterocycles. The molecular weight excluding hydrogens is 486 g/mol. The smallest absolute Gasteiger partial charge is 0.292 e. The van der Waals surface area contributed by atoms with Crippen LogP contribution in [0.5, 0.6) is 0 Å². The van der Waals surface area contributed by atoms with Gasteiger partial charge in [-0.3, -0.25) is 14.1 Å². The van der Waals surface area contributed by atoms with Crippen molar-refractivity contribution in [2.24, 2.45) is 0 Å². The summed E-state index contributed by atoms with van der Waals surface area (Å²) in [5.41, 5.74) is 7.92. The lowest BCUT2D eigenvalue weighted by atomic mass is 9.84. The molecule has 3 aromatic heterocycles. The van der Waals surface area contributed by atoms with E-state index in [1.165, 1.54) is 5.56 Å². The summed E-state index contributed by atoms with van der Waals surface area (Å²) in [6, 6.07) is 18.5. The highest BCUT2D eigenvalue weighted by molar-refractivity contribution is 5.77. The minimum absolute atomic E-state index is 0.00246. The van der Waals surface area contributed by atoms with Crippen molar-refractivity contribution >= 4 is 0 Å². The first-order chi connectivity index (χ1) is 18.8. The minimum atomic E-state index is -0.0881. The van der Waals surface area contributed by atoms with E-state index >= 15 is 0 Å². The monoisotopic (exact) mass is 521 g/mol.